The first-order chi connectivity index (χ1) is 16.3. The number of nitrogens with one attached hydrogen (secondary N) is 1. The number of carbonyl (C=O) groups excluding carboxylic acids is 3. The second-order valence-electron chi connectivity index (χ2n) is 7.15. The molecule has 13 nitrogen and oxygen atoms in total. The van der Waals surface area contributed by atoms with Crippen LogP contribution in [0.5, 0.6) is 0 Å². The van der Waals surface area contributed by atoms with Gasteiger partial charge in [-0.25, -0.2) is 9.59 Å². The summed E-state index contributed by atoms with van der Waals surface area (Å²) >= 11 is 1.21. The Morgan fingerprint density at radius 1 is 1.34 bits per heavy atom. The van der Waals surface area contributed by atoms with Crippen molar-refractivity contribution in [1.29, 1.82) is 0 Å². The van der Waals surface area contributed by atoms with E-state index in [4.69, 9.17) is 14.9 Å². The van der Waals surface area contributed by atoms with Crippen LogP contribution in [0.25, 0.3) is 0 Å². The number of carboxylic acids is 1. The number of thioether (sulfide) groups is 1. The molecule has 2 atom stereocenters. The van der Waals surface area contributed by atoms with Crippen LogP contribution >= 0.6 is 11.8 Å². The number of nitrogens with zero attached hydrogens (tertiary/aromatic N) is 2. The third-order valence-corrected chi connectivity index (χ3v) is 6.24. The van der Waals surface area contributed by atoms with E-state index in [9.17, 15) is 24.3 Å². The number of primary amides is 1. The molecule has 0 aromatic carbocycles. The molecular formula is C20H25N4NaO9S. The Morgan fingerprint density at radius 3 is 2.57 bits per heavy atom. The third-order valence-electron chi connectivity index (χ3n) is 4.90. The predicted octanol–water partition coefficient (Wildman–Crippen LogP) is -0.388. The summed E-state index contributed by atoms with van der Waals surface area (Å²) in [6, 6.07) is 2.08. The van der Waals surface area contributed by atoms with Gasteiger partial charge in [-0.15, -0.1) is 11.8 Å². The molecule has 0 unspecified atom stereocenters. The number of ether oxygens (including phenoxy) is 2. The average Bonchev–Trinajstić information content (AvgIpc) is 3.55. The van der Waals surface area contributed by atoms with Crippen LogP contribution in [-0.4, -0.2) is 113 Å². The Bertz CT molecular complexity index is 987. The molecule has 4 rings (SSSR count). The monoisotopic (exact) mass is 520 g/mol. The maximum absolute atomic E-state index is 12.6. The molecule has 3 aliphatic heterocycles. The number of hydrogen-bond donors (Lipinski definition) is 3. The number of β-lactam (4-membered cyclic amide) rings is 1. The van der Waals surface area contributed by atoms with Crippen molar-refractivity contribution in [2.75, 3.05) is 32.7 Å². The van der Waals surface area contributed by atoms with Crippen LogP contribution in [0.2, 0.25) is 0 Å². The van der Waals surface area contributed by atoms with Crippen molar-refractivity contribution in [2.45, 2.75) is 24.3 Å². The van der Waals surface area contributed by atoms with Crippen LogP contribution in [0.15, 0.2) is 39.2 Å². The zero-order valence-electron chi connectivity index (χ0n) is 18.2. The molecule has 2 fully saturated rings. The van der Waals surface area contributed by atoms with Crippen LogP contribution in [0, 0.1) is 0 Å². The number of carbonyl (C=O) groups is 4. The van der Waals surface area contributed by atoms with Crippen LogP contribution in [0.4, 0.5) is 4.79 Å². The number of aliphatic carboxylic acids is 1. The van der Waals surface area contributed by atoms with Gasteiger partial charge < -0.3 is 34.9 Å². The van der Waals surface area contributed by atoms with Gasteiger partial charge in [0.25, 0.3) is 11.8 Å². The van der Waals surface area contributed by atoms with Gasteiger partial charge in [0.15, 0.2) is 5.76 Å². The number of fused-ring (bicyclic) bond motifs is 1. The van der Waals surface area contributed by atoms with Gasteiger partial charge in [-0.1, -0.05) is 5.16 Å². The van der Waals surface area contributed by atoms with Gasteiger partial charge in [0.1, 0.15) is 30.8 Å². The van der Waals surface area contributed by atoms with Gasteiger partial charge in [0.2, 0.25) is 5.71 Å². The first kappa shape index (κ1) is 28.7. The van der Waals surface area contributed by atoms with Crippen molar-refractivity contribution in [1.82, 2.24) is 10.2 Å². The molecule has 35 heavy (non-hydrogen) atoms. The average molecular weight is 520 g/mol. The van der Waals surface area contributed by atoms with Crippen molar-refractivity contribution in [3.8, 4) is 0 Å². The summed E-state index contributed by atoms with van der Waals surface area (Å²) in [7, 11) is 1.25. The zero-order valence-corrected chi connectivity index (χ0v) is 19.0. The number of nitrogens with two attached hydrogens (primary N) is 1. The molecule has 4 heterocycles. The van der Waals surface area contributed by atoms with Gasteiger partial charge in [-0.2, -0.15) is 0 Å². The van der Waals surface area contributed by atoms with Gasteiger partial charge in [-0.05, 0) is 25.0 Å². The van der Waals surface area contributed by atoms with Crippen molar-refractivity contribution >= 4 is 70.9 Å². The Balaban J connectivity index is 0.000000640. The molecule has 186 valence electrons. The zero-order chi connectivity index (χ0) is 24.7. The molecule has 4 N–H and O–H groups in total. The van der Waals surface area contributed by atoms with E-state index in [1.807, 2.05) is 0 Å². The SMILES string of the molecule is C1CCOC1.CO/N=C(/C(=O)N[C@@H]1C(=O)N2C(C(=O)O)=C(COC(N)=O)CS[C@H]12)c1ccco1.[NaH]. The Kier molecular flexibility index (Phi) is 11.1. The Hall–Kier alpha value is -2.52. The summed E-state index contributed by atoms with van der Waals surface area (Å²) in [5, 5.41) is 15.0. The summed E-state index contributed by atoms with van der Waals surface area (Å²) < 4.78 is 14.7. The number of furan rings is 1. The number of carboxylic acid groups (broad SMARTS) is 1. The summed E-state index contributed by atoms with van der Waals surface area (Å²) in [4.78, 5) is 53.3. The van der Waals surface area contributed by atoms with Crippen molar-refractivity contribution in [3.05, 3.63) is 35.4 Å². The molecule has 0 aliphatic carbocycles. The van der Waals surface area contributed by atoms with E-state index in [2.05, 4.69) is 20.0 Å². The van der Waals surface area contributed by atoms with E-state index in [-0.39, 0.29) is 64.7 Å². The maximum atomic E-state index is 12.6. The third kappa shape index (κ3) is 7.01. The molecule has 0 bridgehead atoms. The van der Waals surface area contributed by atoms with Crippen LogP contribution in [0.1, 0.15) is 18.6 Å². The molecule has 2 saturated heterocycles. The van der Waals surface area contributed by atoms with E-state index < -0.39 is 35.3 Å². The first-order valence-corrected chi connectivity index (χ1v) is 11.3. The molecule has 15 heteroatoms. The van der Waals surface area contributed by atoms with Crippen LogP contribution in [-0.2, 0) is 28.7 Å². The molecule has 0 saturated carbocycles. The quantitative estimate of drug-likeness (QED) is 0.185. The predicted molar refractivity (Wildman–Crippen MR) is 125 cm³/mol. The van der Waals surface area contributed by atoms with E-state index in [0.717, 1.165) is 18.1 Å². The number of oxime groups is 1. The molecular weight excluding hydrogens is 495 g/mol. The van der Waals surface area contributed by atoms with Gasteiger partial charge in [0.05, 0.1) is 6.26 Å². The number of rotatable bonds is 7. The van der Waals surface area contributed by atoms with E-state index in [1.54, 1.807) is 6.07 Å². The fourth-order valence-corrected chi connectivity index (χ4v) is 4.70. The fraction of sp³-hybridized carbons (Fsp3) is 0.450. The minimum absolute atomic E-state index is 0. The first-order valence-electron chi connectivity index (χ1n) is 10.2. The molecule has 0 radical (unpaired) electrons. The van der Waals surface area contributed by atoms with Crippen LogP contribution in [0.3, 0.4) is 0 Å². The number of hydrogen-bond acceptors (Lipinski definition) is 10. The fourth-order valence-electron chi connectivity index (χ4n) is 3.38. The molecule has 0 spiro atoms. The molecule has 3 aliphatic rings. The van der Waals surface area contributed by atoms with E-state index in [0.29, 0.717) is 0 Å². The van der Waals surface area contributed by atoms with Gasteiger partial charge >= 0.3 is 41.6 Å². The normalized spacial score (nSPS) is 21.0. The summed E-state index contributed by atoms with van der Waals surface area (Å²) in [5.74, 6) is -2.38. The molecule has 3 amide bonds. The van der Waals surface area contributed by atoms with Gasteiger partial charge in [0, 0.05) is 24.5 Å². The topological polar surface area (TPSA) is 183 Å². The van der Waals surface area contributed by atoms with E-state index >= 15 is 0 Å². The Labute approximate surface area is 226 Å². The van der Waals surface area contributed by atoms with Gasteiger partial charge in [-0.3, -0.25) is 14.5 Å². The van der Waals surface area contributed by atoms with Crippen molar-refractivity contribution in [2.24, 2.45) is 10.9 Å². The standard InChI is InChI=1S/C16H16N4O8S.C4H8O.Na.H/c1-26-19-9(8-3-2-4-27-8)12(21)18-10-13(22)20-11(15(23)24)7(5-28-16(17)25)6-29-14(10)20;1-2-4-5-3-1;;/h2-4,10,14H,5-6H2,1H3,(H2,17,25)(H,18,21)(H,23,24);1-4H2;;/b19-9+;;;/t10-,14-;;;/m1.../s1. The summed E-state index contributed by atoms with van der Waals surface area (Å²) in [5.41, 5.74) is 4.68. The number of amides is 3. The molecule has 1 aromatic rings. The summed E-state index contributed by atoms with van der Waals surface area (Å²) in [6.45, 7) is 1.65. The second-order valence-corrected chi connectivity index (χ2v) is 8.25. The second kappa shape index (κ2) is 13.5. The van der Waals surface area contributed by atoms with Crippen molar-refractivity contribution < 1.29 is 43.0 Å². The summed E-state index contributed by atoms with van der Waals surface area (Å²) in [6.07, 6.45) is 2.85. The Morgan fingerprint density at radius 2 is 2.06 bits per heavy atom. The van der Waals surface area contributed by atoms with E-state index in [1.165, 1.54) is 44.0 Å². The van der Waals surface area contributed by atoms with Crippen molar-refractivity contribution in [3.63, 3.8) is 0 Å². The van der Waals surface area contributed by atoms with Crippen LogP contribution < -0.4 is 11.1 Å². The minimum atomic E-state index is -1.35. The molecule has 1 aromatic heterocycles.